The molecular weight excluding hydrogens is 400 g/mol. The fraction of sp³-hybridized carbons (Fsp3) is 0.462. The minimum absolute atomic E-state index is 0.0405. The van der Waals surface area contributed by atoms with E-state index in [1.807, 2.05) is 17.0 Å². The molecule has 0 bridgehead atoms. The number of rotatable bonds is 6. The molecule has 32 heavy (non-hydrogen) atoms. The Kier molecular flexibility index (Phi) is 7.22. The molecular formula is C26H34N4O2. The highest BCUT2D eigenvalue weighted by Crippen LogP contribution is 2.29. The lowest BCUT2D eigenvalue weighted by Gasteiger charge is -2.41. The van der Waals surface area contributed by atoms with Crippen molar-refractivity contribution >= 4 is 11.8 Å². The molecule has 0 saturated carbocycles. The van der Waals surface area contributed by atoms with Gasteiger partial charge < -0.3 is 9.80 Å². The van der Waals surface area contributed by atoms with Gasteiger partial charge in [0, 0.05) is 38.6 Å². The van der Waals surface area contributed by atoms with Gasteiger partial charge in [0.2, 0.25) is 11.8 Å². The van der Waals surface area contributed by atoms with E-state index in [0.29, 0.717) is 32.1 Å². The molecule has 2 aromatic carbocycles. The van der Waals surface area contributed by atoms with Crippen molar-refractivity contribution in [1.29, 1.82) is 0 Å². The number of piperazine rings is 1. The fourth-order valence-electron chi connectivity index (χ4n) is 4.70. The van der Waals surface area contributed by atoms with Crippen LogP contribution in [0.5, 0.6) is 0 Å². The summed E-state index contributed by atoms with van der Waals surface area (Å²) in [6.07, 6.45) is 0.467. The first-order valence-corrected chi connectivity index (χ1v) is 11.7. The number of amides is 2. The molecule has 1 unspecified atom stereocenters. The molecule has 0 radical (unpaired) electrons. The Morgan fingerprint density at radius 2 is 1.50 bits per heavy atom. The number of nitrogens with one attached hydrogen (secondary N) is 1. The van der Waals surface area contributed by atoms with E-state index in [0.717, 1.165) is 13.1 Å². The van der Waals surface area contributed by atoms with Crippen LogP contribution in [-0.2, 0) is 9.59 Å². The van der Waals surface area contributed by atoms with Crippen molar-refractivity contribution in [3.63, 3.8) is 0 Å². The minimum atomic E-state index is 0.0405. The number of benzene rings is 2. The topological polar surface area (TPSA) is 55.9 Å². The lowest BCUT2D eigenvalue weighted by Crippen LogP contribution is -2.57. The van der Waals surface area contributed by atoms with Crippen LogP contribution in [0.3, 0.4) is 0 Å². The van der Waals surface area contributed by atoms with Crippen molar-refractivity contribution in [2.75, 3.05) is 39.4 Å². The van der Waals surface area contributed by atoms with E-state index in [1.165, 1.54) is 11.1 Å². The van der Waals surface area contributed by atoms with Crippen LogP contribution in [0, 0.1) is 5.92 Å². The van der Waals surface area contributed by atoms with Crippen LogP contribution >= 0.6 is 0 Å². The third kappa shape index (κ3) is 5.19. The highest BCUT2D eigenvalue weighted by molar-refractivity contribution is 5.85. The average molecular weight is 435 g/mol. The summed E-state index contributed by atoms with van der Waals surface area (Å²) in [5.41, 5.74) is 2.53. The monoisotopic (exact) mass is 434 g/mol. The largest absolute Gasteiger partial charge is 0.339 e. The number of carbonyl (C=O) groups is 2. The van der Waals surface area contributed by atoms with E-state index in [1.54, 1.807) is 4.90 Å². The maximum atomic E-state index is 12.9. The molecule has 6 heteroatoms. The highest BCUT2D eigenvalue weighted by atomic mass is 16.2. The van der Waals surface area contributed by atoms with Gasteiger partial charge in [0.25, 0.3) is 0 Å². The van der Waals surface area contributed by atoms with Gasteiger partial charge in [-0.1, -0.05) is 74.5 Å². The first kappa shape index (κ1) is 22.5. The van der Waals surface area contributed by atoms with Crippen LogP contribution in [0.25, 0.3) is 0 Å². The number of carbonyl (C=O) groups excluding carboxylic acids is 2. The maximum absolute atomic E-state index is 12.9. The Balaban J connectivity index is 1.36. The number of hydrogen-bond acceptors (Lipinski definition) is 4. The fourth-order valence-corrected chi connectivity index (χ4v) is 4.70. The van der Waals surface area contributed by atoms with E-state index in [4.69, 9.17) is 0 Å². The maximum Gasteiger partial charge on any atom is 0.242 e. The quantitative estimate of drug-likeness (QED) is 0.760. The summed E-state index contributed by atoms with van der Waals surface area (Å²) in [5, 5.41) is 3.39. The summed E-state index contributed by atoms with van der Waals surface area (Å²) in [5.74, 6) is 0.522. The van der Waals surface area contributed by atoms with Crippen LogP contribution in [0.1, 0.15) is 37.4 Å². The van der Waals surface area contributed by atoms with Crippen molar-refractivity contribution < 1.29 is 9.59 Å². The van der Waals surface area contributed by atoms with Crippen molar-refractivity contribution in [2.45, 2.75) is 32.4 Å². The predicted molar refractivity (Wildman–Crippen MR) is 126 cm³/mol. The van der Waals surface area contributed by atoms with Gasteiger partial charge in [-0.05, 0) is 17.0 Å². The zero-order chi connectivity index (χ0) is 22.5. The van der Waals surface area contributed by atoms with E-state index in [2.05, 4.69) is 72.6 Å². The lowest BCUT2D eigenvalue weighted by molar-refractivity contribution is -0.144. The van der Waals surface area contributed by atoms with E-state index in [9.17, 15) is 9.59 Å². The predicted octanol–water partition coefficient (Wildman–Crippen LogP) is 2.72. The van der Waals surface area contributed by atoms with Gasteiger partial charge in [0.1, 0.15) is 6.54 Å². The van der Waals surface area contributed by atoms with Crippen LogP contribution in [0.15, 0.2) is 60.7 Å². The molecule has 2 aromatic rings. The lowest BCUT2D eigenvalue weighted by atomic mass is 9.96. The second-order valence-corrected chi connectivity index (χ2v) is 9.15. The van der Waals surface area contributed by atoms with Gasteiger partial charge in [-0.2, -0.15) is 0 Å². The molecule has 2 fully saturated rings. The summed E-state index contributed by atoms with van der Waals surface area (Å²) < 4.78 is 0. The Labute approximate surface area is 191 Å². The highest BCUT2D eigenvalue weighted by Gasteiger charge is 2.32. The van der Waals surface area contributed by atoms with Gasteiger partial charge in [-0.3, -0.25) is 19.8 Å². The normalized spacial score (nSPS) is 20.2. The molecule has 1 N–H and O–H groups in total. The smallest absolute Gasteiger partial charge is 0.242 e. The van der Waals surface area contributed by atoms with Gasteiger partial charge in [-0.25, -0.2) is 0 Å². The molecule has 4 rings (SSSR count). The van der Waals surface area contributed by atoms with Crippen molar-refractivity contribution in [2.24, 2.45) is 5.92 Å². The number of hydrogen-bond donors (Lipinski definition) is 1. The summed E-state index contributed by atoms with van der Waals surface area (Å²) in [7, 11) is 0. The van der Waals surface area contributed by atoms with Crippen molar-refractivity contribution in [1.82, 2.24) is 20.0 Å². The molecule has 0 aliphatic carbocycles. The first-order valence-electron chi connectivity index (χ1n) is 11.7. The summed E-state index contributed by atoms with van der Waals surface area (Å²) >= 11 is 0. The van der Waals surface area contributed by atoms with Gasteiger partial charge in [0.05, 0.1) is 12.7 Å². The average Bonchev–Trinajstić information content (AvgIpc) is 2.82. The van der Waals surface area contributed by atoms with Gasteiger partial charge >= 0.3 is 0 Å². The van der Waals surface area contributed by atoms with E-state index >= 15 is 0 Å². The molecule has 2 saturated heterocycles. The SMILES string of the molecule is CC(C)C1CC(=O)N(CC(=O)N2CCN(C(c3ccccc3)c3ccccc3)CC2)CN1. The molecule has 0 spiro atoms. The molecule has 0 aromatic heterocycles. The molecule has 170 valence electrons. The van der Waals surface area contributed by atoms with Crippen LogP contribution in [-0.4, -0.2) is 71.9 Å². The Morgan fingerprint density at radius 3 is 2.00 bits per heavy atom. The first-order chi connectivity index (χ1) is 15.5. The second-order valence-electron chi connectivity index (χ2n) is 9.15. The molecule has 2 aliphatic heterocycles. The summed E-state index contributed by atoms with van der Waals surface area (Å²) in [6, 6.07) is 21.5. The van der Waals surface area contributed by atoms with Crippen molar-refractivity contribution in [3.8, 4) is 0 Å². The molecule has 2 aliphatic rings. The standard InChI is InChI=1S/C26H34N4O2/c1-20(2)23-17-24(31)30(19-27-23)18-25(32)28-13-15-29(16-14-28)26(21-9-5-3-6-10-21)22-11-7-4-8-12-22/h3-12,20,23,26-27H,13-19H2,1-2H3. The minimum Gasteiger partial charge on any atom is -0.339 e. The molecule has 2 heterocycles. The molecule has 1 atom stereocenters. The molecule has 6 nitrogen and oxygen atoms in total. The third-order valence-electron chi connectivity index (χ3n) is 6.69. The van der Waals surface area contributed by atoms with Crippen molar-refractivity contribution in [3.05, 3.63) is 71.8 Å². The molecule has 2 amide bonds. The zero-order valence-electron chi connectivity index (χ0n) is 19.1. The van der Waals surface area contributed by atoms with Gasteiger partial charge in [-0.15, -0.1) is 0 Å². The summed E-state index contributed by atoms with van der Waals surface area (Å²) in [6.45, 7) is 7.82. The van der Waals surface area contributed by atoms with E-state index < -0.39 is 0 Å². The van der Waals surface area contributed by atoms with Gasteiger partial charge in [0.15, 0.2) is 0 Å². The number of nitrogens with zero attached hydrogens (tertiary/aromatic N) is 3. The van der Waals surface area contributed by atoms with Crippen LogP contribution < -0.4 is 5.32 Å². The summed E-state index contributed by atoms with van der Waals surface area (Å²) in [4.78, 5) is 31.4. The van der Waals surface area contributed by atoms with E-state index in [-0.39, 0.29) is 30.4 Å². The Bertz CT molecular complexity index is 855. The third-order valence-corrected chi connectivity index (χ3v) is 6.69. The Morgan fingerprint density at radius 1 is 0.938 bits per heavy atom. The zero-order valence-corrected chi connectivity index (χ0v) is 19.1. The Hall–Kier alpha value is -2.70. The second kappa shape index (κ2) is 10.3. The van der Waals surface area contributed by atoms with Crippen LogP contribution in [0.4, 0.5) is 0 Å². The van der Waals surface area contributed by atoms with Crippen LogP contribution in [0.2, 0.25) is 0 Å².